The molecule has 0 radical (unpaired) electrons. The molecule has 6 nitrogen and oxygen atoms in total. The molecule has 1 heterocycles. The molecule has 0 spiro atoms. The van der Waals surface area contributed by atoms with Crippen molar-refractivity contribution in [3.8, 4) is 0 Å². The zero-order valence-electron chi connectivity index (χ0n) is 16.0. The van der Waals surface area contributed by atoms with Crippen LogP contribution in [0.25, 0.3) is 0 Å². The lowest BCUT2D eigenvalue weighted by atomic mass is 10.2. The summed E-state index contributed by atoms with van der Waals surface area (Å²) in [6.45, 7) is 1.09. The quantitative estimate of drug-likeness (QED) is 0.614. The fraction of sp³-hybridized carbons (Fsp3) is 0.300. The molecule has 0 saturated carbocycles. The van der Waals surface area contributed by atoms with Crippen LogP contribution in [-0.2, 0) is 10.0 Å². The molecular weight excluding hydrogens is 465 g/mol. The van der Waals surface area contributed by atoms with Crippen LogP contribution in [0.3, 0.4) is 0 Å². The average molecular weight is 486 g/mol. The number of carbonyl (C=O) groups is 1. The molecule has 1 saturated heterocycles. The average Bonchev–Trinajstić information content (AvgIpc) is 2.98. The molecule has 1 aliphatic heterocycles. The van der Waals surface area contributed by atoms with Gasteiger partial charge >= 0.3 is 0 Å². The van der Waals surface area contributed by atoms with E-state index in [1.54, 1.807) is 22.5 Å². The number of thiocarbonyl (C=S) groups is 1. The van der Waals surface area contributed by atoms with Crippen LogP contribution in [0.15, 0.2) is 47.4 Å². The number of sulfonamides is 1. The summed E-state index contributed by atoms with van der Waals surface area (Å²) in [5, 5.41) is 6.10. The summed E-state index contributed by atoms with van der Waals surface area (Å²) in [4.78, 5) is 12.5. The van der Waals surface area contributed by atoms with Gasteiger partial charge in [0.05, 0.1) is 15.5 Å². The first-order valence-corrected chi connectivity index (χ1v) is 12.1. The van der Waals surface area contributed by atoms with Crippen LogP contribution in [0.1, 0.15) is 36.0 Å². The van der Waals surface area contributed by atoms with E-state index in [4.69, 9.17) is 35.4 Å². The zero-order valence-corrected chi connectivity index (χ0v) is 19.2. The van der Waals surface area contributed by atoms with Crippen molar-refractivity contribution in [1.82, 2.24) is 9.62 Å². The van der Waals surface area contributed by atoms with Crippen molar-refractivity contribution in [2.24, 2.45) is 0 Å². The van der Waals surface area contributed by atoms with Crippen LogP contribution in [0.4, 0.5) is 5.69 Å². The van der Waals surface area contributed by atoms with Gasteiger partial charge in [-0.2, -0.15) is 4.31 Å². The van der Waals surface area contributed by atoms with Gasteiger partial charge in [0.15, 0.2) is 5.11 Å². The second-order valence-corrected chi connectivity index (χ2v) is 10.1. The van der Waals surface area contributed by atoms with Crippen molar-refractivity contribution in [3.63, 3.8) is 0 Å². The van der Waals surface area contributed by atoms with Crippen LogP contribution in [0, 0.1) is 0 Å². The fourth-order valence-corrected chi connectivity index (χ4v) is 5.37. The number of rotatable bonds is 4. The Morgan fingerprint density at radius 2 is 1.60 bits per heavy atom. The molecule has 1 fully saturated rings. The summed E-state index contributed by atoms with van der Waals surface area (Å²) in [5.74, 6) is -0.477. The van der Waals surface area contributed by atoms with Gasteiger partial charge in [0.1, 0.15) is 0 Å². The first-order valence-electron chi connectivity index (χ1n) is 9.45. The molecular formula is C20H21Cl2N3O3S2. The third-order valence-corrected chi connectivity index (χ3v) is 7.38. The molecule has 0 bridgehead atoms. The van der Waals surface area contributed by atoms with Crippen LogP contribution >= 0.6 is 35.4 Å². The number of carbonyl (C=O) groups excluding carboxylic acids is 1. The minimum atomic E-state index is -3.52. The zero-order chi connectivity index (χ0) is 21.7. The normalized spacial score (nSPS) is 15.3. The predicted molar refractivity (Wildman–Crippen MR) is 124 cm³/mol. The van der Waals surface area contributed by atoms with Gasteiger partial charge in [-0.05, 0) is 67.5 Å². The topological polar surface area (TPSA) is 78.5 Å². The van der Waals surface area contributed by atoms with Crippen molar-refractivity contribution in [3.05, 3.63) is 58.1 Å². The van der Waals surface area contributed by atoms with E-state index < -0.39 is 15.9 Å². The van der Waals surface area contributed by atoms with Gasteiger partial charge in [0.25, 0.3) is 5.91 Å². The summed E-state index contributed by atoms with van der Waals surface area (Å²) in [6.07, 6.45) is 3.87. The first kappa shape index (κ1) is 23.0. The second kappa shape index (κ2) is 10.1. The van der Waals surface area contributed by atoms with E-state index >= 15 is 0 Å². The Labute approximate surface area is 191 Å². The molecule has 0 atom stereocenters. The van der Waals surface area contributed by atoms with E-state index in [9.17, 15) is 13.2 Å². The third kappa shape index (κ3) is 5.70. The summed E-state index contributed by atoms with van der Waals surface area (Å²) in [6, 6.07) is 10.8. The molecule has 0 aliphatic carbocycles. The summed E-state index contributed by atoms with van der Waals surface area (Å²) in [5.41, 5.74) is 0.793. The van der Waals surface area contributed by atoms with Crippen molar-refractivity contribution in [2.45, 2.75) is 30.6 Å². The van der Waals surface area contributed by atoms with Crippen molar-refractivity contribution in [1.29, 1.82) is 0 Å². The molecule has 1 amide bonds. The summed E-state index contributed by atoms with van der Waals surface area (Å²) in [7, 11) is -3.52. The monoisotopic (exact) mass is 485 g/mol. The molecule has 160 valence electrons. The number of hydrogen-bond acceptors (Lipinski definition) is 4. The Bertz CT molecular complexity index is 1040. The van der Waals surface area contributed by atoms with Gasteiger partial charge < -0.3 is 5.32 Å². The van der Waals surface area contributed by atoms with Gasteiger partial charge in [-0.25, -0.2) is 8.42 Å². The number of amides is 1. The molecule has 10 heteroatoms. The van der Waals surface area contributed by atoms with Crippen LogP contribution in [0.5, 0.6) is 0 Å². The molecule has 2 N–H and O–H groups in total. The third-order valence-electron chi connectivity index (χ3n) is 4.72. The SMILES string of the molecule is O=C(NC(=S)Nc1ccc(S(=O)(=O)N2CCCCCC2)cc1)c1ccc(Cl)cc1Cl. The molecule has 0 unspecified atom stereocenters. The maximum absolute atomic E-state index is 12.8. The van der Waals surface area contributed by atoms with Gasteiger partial charge in [-0.15, -0.1) is 0 Å². The van der Waals surface area contributed by atoms with E-state index in [-0.39, 0.29) is 20.6 Å². The van der Waals surface area contributed by atoms with Gasteiger partial charge in [0, 0.05) is 23.8 Å². The highest BCUT2D eigenvalue weighted by atomic mass is 35.5. The molecule has 1 aliphatic rings. The molecule has 2 aromatic carbocycles. The maximum Gasteiger partial charge on any atom is 0.258 e. The van der Waals surface area contributed by atoms with Crippen molar-refractivity contribution >= 4 is 62.2 Å². The minimum Gasteiger partial charge on any atom is -0.332 e. The van der Waals surface area contributed by atoms with Crippen molar-refractivity contribution < 1.29 is 13.2 Å². The molecule has 3 rings (SSSR count). The lowest BCUT2D eigenvalue weighted by molar-refractivity contribution is 0.0978. The summed E-state index contributed by atoms with van der Waals surface area (Å²) < 4.78 is 27.2. The Morgan fingerprint density at radius 1 is 0.967 bits per heavy atom. The van der Waals surface area contributed by atoms with E-state index in [0.717, 1.165) is 25.7 Å². The molecule has 0 aromatic heterocycles. The fourth-order valence-electron chi connectivity index (χ4n) is 3.15. The van der Waals surface area contributed by atoms with E-state index in [1.807, 2.05) is 0 Å². The number of nitrogens with one attached hydrogen (secondary N) is 2. The minimum absolute atomic E-state index is 0.0640. The van der Waals surface area contributed by atoms with E-state index in [1.165, 1.54) is 24.3 Å². The predicted octanol–water partition coefficient (Wildman–Crippen LogP) is 4.68. The smallest absolute Gasteiger partial charge is 0.258 e. The number of hydrogen-bond donors (Lipinski definition) is 2. The Hall–Kier alpha value is -1.71. The second-order valence-electron chi connectivity index (χ2n) is 6.88. The lowest BCUT2D eigenvalue weighted by Gasteiger charge is -2.20. The van der Waals surface area contributed by atoms with Gasteiger partial charge in [0.2, 0.25) is 10.0 Å². The number of nitrogens with zero attached hydrogens (tertiary/aromatic N) is 1. The first-order chi connectivity index (χ1) is 14.3. The van der Waals surface area contributed by atoms with Crippen LogP contribution < -0.4 is 10.6 Å². The number of benzene rings is 2. The standard InChI is InChI=1S/C20H21Cl2N3O3S2/c21-14-5-10-17(18(22)13-14)19(26)24-20(29)23-15-6-8-16(9-7-15)30(27,28)25-11-3-1-2-4-12-25/h5-10,13H,1-4,11-12H2,(H2,23,24,26,29). The van der Waals surface area contributed by atoms with E-state index in [2.05, 4.69) is 10.6 Å². The Balaban J connectivity index is 1.63. The molecule has 30 heavy (non-hydrogen) atoms. The lowest BCUT2D eigenvalue weighted by Crippen LogP contribution is -2.34. The Kier molecular flexibility index (Phi) is 7.70. The largest absolute Gasteiger partial charge is 0.332 e. The van der Waals surface area contributed by atoms with Crippen LogP contribution in [-0.4, -0.2) is 36.8 Å². The highest BCUT2D eigenvalue weighted by molar-refractivity contribution is 7.89. The summed E-state index contributed by atoms with van der Waals surface area (Å²) >= 11 is 17.0. The van der Waals surface area contributed by atoms with Gasteiger partial charge in [-0.3, -0.25) is 10.1 Å². The number of anilines is 1. The molecule has 2 aromatic rings. The Morgan fingerprint density at radius 3 is 2.20 bits per heavy atom. The van der Waals surface area contributed by atoms with Crippen LogP contribution in [0.2, 0.25) is 10.0 Å². The highest BCUT2D eigenvalue weighted by Crippen LogP contribution is 2.23. The van der Waals surface area contributed by atoms with Crippen molar-refractivity contribution in [2.75, 3.05) is 18.4 Å². The van der Waals surface area contributed by atoms with E-state index in [0.29, 0.717) is 23.8 Å². The highest BCUT2D eigenvalue weighted by Gasteiger charge is 2.25. The van der Waals surface area contributed by atoms with Gasteiger partial charge in [-0.1, -0.05) is 36.0 Å². The number of halogens is 2. The maximum atomic E-state index is 12.8.